The molecule has 0 radical (unpaired) electrons. The lowest BCUT2D eigenvalue weighted by Gasteiger charge is -2.32. The molecule has 3 nitrogen and oxygen atoms in total. The topological polar surface area (TPSA) is 47.6 Å². The zero-order valence-corrected chi connectivity index (χ0v) is 14.9. The van der Waals surface area contributed by atoms with E-state index in [2.05, 4.69) is 4.99 Å². The zero-order chi connectivity index (χ0) is 18.1. The van der Waals surface area contributed by atoms with Crippen molar-refractivity contribution in [3.8, 4) is 0 Å². The molecule has 2 aliphatic rings. The van der Waals surface area contributed by atoms with Gasteiger partial charge < -0.3 is 4.74 Å². The molecule has 0 amide bonds. The molecule has 0 saturated heterocycles. The maximum Gasteiger partial charge on any atom is 0.260 e. The second-order valence-corrected chi connectivity index (χ2v) is 7.24. The third-order valence-electron chi connectivity index (χ3n) is 4.15. The Labute approximate surface area is 150 Å². The number of hydrogen-bond acceptors (Lipinski definition) is 4. The van der Waals surface area contributed by atoms with Gasteiger partial charge in [0.05, 0.1) is 5.69 Å². The summed E-state index contributed by atoms with van der Waals surface area (Å²) in [7, 11) is 0. The molecule has 1 atom stereocenters. The van der Waals surface area contributed by atoms with Crippen LogP contribution in [0.4, 0.5) is 14.5 Å². The molecular formula is C19H20F2N2OS. The number of para-hydroxylation sites is 1. The highest BCUT2D eigenvalue weighted by Gasteiger charge is 2.62. The lowest BCUT2D eigenvalue weighted by atomic mass is 9.95. The third kappa shape index (κ3) is 4.02. The average molecular weight is 362 g/mol. The number of nitrogens with zero attached hydrogens (tertiary/aromatic N) is 1. The van der Waals surface area contributed by atoms with E-state index in [-0.39, 0.29) is 12.3 Å². The smallest absolute Gasteiger partial charge is 0.260 e. The van der Waals surface area contributed by atoms with Crippen LogP contribution in [-0.2, 0) is 10.3 Å². The number of halogens is 2. The van der Waals surface area contributed by atoms with E-state index in [0.717, 1.165) is 16.1 Å². The van der Waals surface area contributed by atoms with Gasteiger partial charge in [-0.05, 0) is 44.0 Å². The lowest BCUT2D eigenvalue weighted by molar-refractivity contribution is 0.0666. The summed E-state index contributed by atoms with van der Waals surface area (Å²) >= 11 is 1.27. The van der Waals surface area contributed by atoms with Gasteiger partial charge in [0, 0.05) is 16.9 Å². The third-order valence-corrected chi connectivity index (χ3v) is 4.69. The van der Waals surface area contributed by atoms with Gasteiger partial charge in [-0.25, -0.2) is 13.8 Å². The van der Waals surface area contributed by atoms with E-state index in [9.17, 15) is 8.78 Å². The molecule has 6 heteroatoms. The Bertz CT molecular complexity index is 778. The van der Waals surface area contributed by atoms with Crippen LogP contribution in [-0.4, -0.2) is 11.8 Å². The number of nitrogens with two attached hydrogens (primary N) is 1. The van der Waals surface area contributed by atoms with E-state index in [0.29, 0.717) is 0 Å². The molecule has 1 fully saturated rings. The summed E-state index contributed by atoms with van der Waals surface area (Å²) < 4.78 is 31.7. The number of hydrogen-bond donors (Lipinski definition) is 1. The number of rotatable bonds is 2. The fourth-order valence-electron chi connectivity index (χ4n) is 2.67. The second-order valence-electron chi connectivity index (χ2n) is 6.53. The number of aliphatic imine (C=N–C) groups is 1. The highest BCUT2D eigenvalue weighted by Crippen LogP contribution is 2.52. The first kappa shape index (κ1) is 17.9. The first-order chi connectivity index (χ1) is 11.8. The van der Waals surface area contributed by atoms with E-state index in [1.165, 1.54) is 11.9 Å². The van der Waals surface area contributed by atoms with Crippen LogP contribution in [0.2, 0.25) is 0 Å². The molecular weight excluding hydrogens is 342 g/mol. The van der Waals surface area contributed by atoms with Gasteiger partial charge in [-0.1, -0.05) is 36.4 Å². The van der Waals surface area contributed by atoms with Gasteiger partial charge in [0.1, 0.15) is 11.5 Å². The van der Waals surface area contributed by atoms with E-state index in [1.54, 1.807) is 0 Å². The normalized spacial score (nSPS) is 21.8. The number of ether oxygens (including phenoxy) is 1. The minimum atomic E-state index is -2.64. The van der Waals surface area contributed by atoms with Crippen LogP contribution in [0, 0.1) is 5.92 Å². The summed E-state index contributed by atoms with van der Waals surface area (Å²) in [5.41, 5.74) is 1.08. The molecule has 1 heterocycles. The number of fused-ring (bicyclic) bond motifs is 1. The molecule has 4 rings (SSSR count). The van der Waals surface area contributed by atoms with Crippen molar-refractivity contribution in [1.82, 2.24) is 0 Å². The molecule has 0 spiro atoms. The van der Waals surface area contributed by atoms with E-state index < -0.39 is 17.4 Å². The molecule has 1 unspecified atom stereocenters. The van der Waals surface area contributed by atoms with Crippen molar-refractivity contribution in [1.29, 1.82) is 0 Å². The standard InChI is InChI=1S/C13H13F2NO.C6H7NS/c1-12(2)8-5-3-4-6-10(8)16-11(17-12)9-7-13(9,14)15;7-8-6-4-2-1-3-5-6/h3-6,9H,7H2,1-2H3;1-5H,7H2. The van der Waals surface area contributed by atoms with Crippen LogP contribution in [0.25, 0.3) is 0 Å². The fourth-order valence-corrected chi connectivity index (χ4v) is 2.98. The molecule has 1 saturated carbocycles. The summed E-state index contributed by atoms with van der Waals surface area (Å²) in [5.74, 6) is -3.30. The Morgan fingerprint density at radius 1 is 1.08 bits per heavy atom. The summed E-state index contributed by atoms with van der Waals surface area (Å²) in [4.78, 5) is 5.32. The van der Waals surface area contributed by atoms with E-state index >= 15 is 0 Å². The molecule has 0 aromatic heterocycles. The molecule has 132 valence electrons. The van der Waals surface area contributed by atoms with Gasteiger partial charge in [-0.3, -0.25) is 5.14 Å². The maximum absolute atomic E-state index is 13.0. The molecule has 2 aromatic rings. The molecule has 1 aliphatic heterocycles. The molecule has 2 N–H and O–H groups in total. The van der Waals surface area contributed by atoms with Crippen molar-refractivity contribution >= 4 is 23.5 Å². The number of benzene rings is 2. The van der Waals surface area contributed by atoms with Crippen LogP contribution in [0.5, 0.6) is 0 Å². The summed E-state index contributed by atoms with van der Waals surface area (Å²) in [5, 5.41) is 5.27. The fraction of sp³-hybridized carbons (Fsp3) is 0.316. The van der Waals surface area contributed by atoms with Crippen LogP contribution in [0.3, 0.4) is 0 Å². The Hall–Kier alpha value is -1.92. The minimum absolute atomic E-state index is 0.149. The van der Waals surface area contributed by atoms with Gasteiger partial charge in [-0.15, -0.1) is 0 Å². The second kappa shape index (κ2) is 6.77. The van der Waals surface area contributed by atoms with Gasteiger partial charge in [-0.2, -0.15) is 0 Å². The highest BCUT2D eigenvalue weighted by atomic mass is 32.2. The Morgan fingerprint density at radius 2 is 1.68 bits per heavy atom. The largest absolute Gasteiger partial charge is 0.469 e. The van der Waals surface area contributed by atoms with Crippen molar-refractivity contribution in [2.24, 2.45) is 16.0 Å². The Morgan fingerprint density at radius 3 is 2.24 bits per heavy atom. The van der Waals surface area contributed by atoms with Crippen LogP contribution < -0.4 is 5.14 Å². The van der Waals surface area contributed by atoms with Crippen LogP contribution in [0.15, 0.2) is 64.5 Å². The quantitative estimate of drug-likeness (QED) is 0.739. The van der Waals surface area contributed by atoms with Crippen molar-refractivity contribution < 1.29 is 13.5 Å². The van der Waals surface area contributed by atoms with Crippen molar-refractivity contribution in [2.75, 3.05) is 0 Å². The zero-order valence-electron chi connectivity index (χ0n) is 14.1. The first-order valence-electron chi connectivity index (χ1n) is 8.00. The van der Waals surface area contributed by atoms with Gasteiger partial charge in [0.15, 0.2) is 5.90 Å². The maximum atomic E-state index is 13.0. The van der Waals surface area contributed by atoms with Crippen LogP contribution >= 0.6 is 11.9 Å². The van der Waals surface area contributed by atoms with Gasteiger partial charge >= 0.3 is 0 Å². The van der Waals surface area contributed by atoms with Crippen molar-refractivity contribution in [2.45, 2.75) is 36.7 Å². The van der Waals surface area contributed by atoms with Gasteiger partial charge in [0.2, 0.25) is 0 Å². The lowest BCUT2D eigenvalue weighted by Crippen LogP contribution is -2.30. The minimum Gasteiger partial charge on any atom is -0.469 e. The highest BCUT2D eigenvalue weighted by molar-refractivity contribution is 7.97. The van der Waals surface area contributed by atoms with E-state index in [1.807, 2.05) is 68.4 Å². The molecule has 2 aromatic carbocycles. The van der Waals surface area contributed by atoms with Gasteiger partial charge in [0.25, 0.3) is 5.92 Å². The average Bonchev–Trinajstić information content (AvgIpc) is 3.24. The predicted molar refractivity (Wildman–Crippen MR) is 97.2 cm³/mol. The summed E-state index contributed by atoms with van der Waals surface area (Å²) in [6, 6.07) is 17.4. The molecule has 25 heavy (non-hydrogen) atoms. The summed E-state index contributed by atoms with van der Waals surface area (Å²) in [6.07, 6.45) is -0.149. The monoisotopic (exact) mass is 362 g/mol. The SMILES string of the molecule is CC1(C)OC(C2CC2(F)F)=Nc2ccccc21.NSc1ccccc1. The summed E-state index contributed by atoms with van der Waals surface area (Å²) in [6.45, 7) is 3.75. The first-order valence-corrected chi connectivity index (χ1v) is 8.88. The number of alkyl halides is 2. The van der Waals surface area contributed by atoms with Crippen molar-refractivity contribution in [3.05, 3.63) is 60.2 Å². The van der Waals surface area contributed by atoms with E-state index in [4.69, 9.17) is 9.88 Å². The predicted octanol–water partition coefficient (Wildman–Crippen LogP) is 5.29. The Balaban J connectivity index is 0.000000192. The Kier molecular flexibility index (Phi) is 4.84. The molecule has 0 bridgehead atoms. The molecule has 1 aliphatic carbocycles. The van der Waals surface area contributed by atoms with Crippen LogP contribution in [0.1, 0.15) is 25.8 Å². The van der Waals surface area contributed by atoms with Crippen molar-refractivity contribution in [3.63, 3.8) is 0 Å².